The van der Waals surface area contributed by atoms with Crippen LogP contribution in [0.15, 0.2) is 0 Å². The highest BCUT2D eigenvalue weighted by molar-refractivity contribution is 4.96. The van der Waals surface area contributed by atoms with Crippen LogP contribution in [0.4, 0.5) is 0 Å². The van der Waals surface area contributed by atoms with Crippen molar-refractivity contribution in [2.45, 2.75) is 71.6 Å². The van der Waals surface area contributed by atoms with E-state index < -0.39 is 0 Å². The van der Waals surface area contributed by atoms with Crippen molar-refractivity contribution >= 4 is 0 Å². The fourth-order valence-corrected chi connectivity index (χ4v) is 6.16. The van der Waals surface area contributed by atoms with Crippen molar-refractivity contribution in [2.75, 3.05) is 52.9 Å². The summed E-state index contributed by atoms with van der Waals surface area (Å²) in [5.41, 5.74) is 0.777. The lowest BCUT2D eigenvalue weighted by Crippen LogP contribution is -2.51. The average Bonchev–Trinajstić information content (AvgIpc) is 2.66. The molecule has 2 saturated heterocycles. The van der Waals surface area contributed by atoms with E-state index in [9.17, 15) is 0 Å². The van der Waals surface area contributed by atoms with E-state index in [4.69, 9.17) is 18.9 Å². The molecular weight excluding hydrogens is 352 g/mol. The predicted molar refractivity (Wildman–Crippen MR) is 110 cm³/mol. The lowest BCUT2D eigenvalue weighted by Gasteiger charge is -2.51. The molecule has 0 spiro atoms. The third kappa shape index (κ3) is 4.17. The van der Waals surface area contributed by atoms with E-state index in [0.717, 1.165) is 77.5 Å². The minimum absolute atomic E-state index is 0.225. The fourth-order valence-electron chi connectivity index (χ4n) is 6.16. The highest BCUT2D eigenvalue weighted by Crippen LogP contribution is 2.52. The first kappa shape index (κ1) is 21.1. The standard InChI is InChI=1S/C24H42O4/c1-3-22(12-25-13-22)16-27-18-24(19-28-17-23(4-2)14-26-15-23)11-7-9-20-8-5-6-10-21(20)24/h20-21H,3-19H2,1-2H3. The normalized spacial score (nSPS) is 32.8. The lowest BCUT2D eigenvalue weighted by molar-refractivity contribution is -0.185. The molecule has 2 aliphatic carbocycles. The molecule has 0 bridgehead atoms. The molecule has 4 heteroatoms. The van der Waals surface area contributed by atoms with Crippen molar-refractivity contribution in [1.29, 1.82) is 0 Å². The molecule has 0 aromatic heterocycles. The van der Waals surface area contributed by atoms with Gasteiger partial charge in [0.25, 0.3) is 0 Å². The van der Waals surface area contributed by atoms with Gasteiger partial charge in [0.15, 0.2) is 0 Å². The summed E-state index contributed by atoms with van der Waals surface area (Å²) in [7, 11) is 0. The Kier molecular flexibility index (Phi) is 6.71. The Balaban J connectivity index is 1.39. The zero-order valence-electron chi connectivity index (χ0n) is 18.3. The van der Waals surface area contributed by atoms with Crippen molar-refractivity contribution in [2.24, 2.45) is 28.1 Å². The average molecular weight is 395 g/mol. The van der Waals surface area contributed by atoms with Gasteiger partial charge in [-0.3, -0.25) is 0 Å². The van der Waals surface area contributed by atoms with Gasteiger partial charge in [0.1, 0.15) is 0 Å². The van der Waals surface area contributed by atoms with Crippen LogP contribution in [0.3, 0.4) is 0 Å². The Hall–Kier alpha value is -0.160. The Labute approximate surface area is 172 Å². The maximum absolute atomic E-state index is 6.49. The van der Waals surface area contributed by atoms with Crippen molar-refractivity contribution < 1.29 is 18.9 Å². The quantitative estimate of drug-likeness (QED) is 0.531. The van der Waals surface area contributed by atoms with E-state index in [-0.39, 0.29) is 16.2 Å². The minimum Gasteiger partial charge on any atom is -0.380 e. The summed E-state index contributed by atoms with van der Waals surface area (Å²) in [4.78, 5) is 0. The third-order valence-corrected chi connectivity index (χ3v) is 8.67. The van der Waals surface area contributed by atoms with Crippen LogP contribution in [-0.2, 0) is 18.9 Å². The van der Waals surface area contributed by atoms with Crippen LogP contribution < -0.4 is 0 Å². The number of rotatable bonds is 10. The van der Waals surface area contributed by atoms with Gasteiger partial charge in [-0.05, 0) is 37.5 Å². The van der Waals surface area contributed by atoms with Gasteiger partial charge in [-0.2, -0.15) is 0 Å². The molecule has 2 unspecified atom stereocenters. The zero-order valence-corrected chi connectivity index (χ0v) is 18.3. The predicted octanol–water partition coefficient (Wildman–Crippen LogP) is 4.85. The van der Waals surface area contributed by atoms with Gasteiger partial charge in [0.2, 0.25) is 0 Å². The van der Waals surface area contributed by atoms with Gasteiger partial charge in [-0.25, -0.2) is 0 Å². The van der Waals surface area contributed by atoms with E-state index in [0.29, 0.717) is 0 Å². The van der Waals surface area contributed by atoms with Crippen LogP contribution in [-0.4, -0.2) is 52.9 Å². The van der Waals surface area contributed by atoms with Gasteiger partial charge in [-0.15, -0.1) is 0 Å². The van der Waals surface area contributed by atoms with Crippen molar-refractivity contribution in [3.63, 3.8) is 0 Å². The second-order valence-corrected chi connectivity index (χ2v) is 10.6. The molecule has 2 atom stereocenters. The maximum Gasteiger partial charge on any atom is 0.0566 e. The number of fused-ring (bicyclic) bond motifs is 1. The van der Waals surface area contributed by atoms with Gasteiger partial charge >= 0.3 is 0 Å². The number of hydrogen-bond acceptors (Lipinski definition) is 4. The van der Waals surface area contributed by atoms with E-state index >= 15 is 0 Å². The van der Waals surface area contributed by atoms with E-state index in [1.54, 1.807) is 0 Å². The molecule has 0 radical (unpaired) electrons. The third-order valence-electron chi connectivity index (χ3n) is 8.67. The molecule has 28 heavy (non-hydrogen) atoms. The summed E-state index contributed by atoms with van der Waals surface area (Å²) in [6, 6.07) is 0. The molecule has 0 aromatic carbocycles. The van der Waals surface area contributed by atoms with Crippen molar-refractivity contribution in [1.82, 2.24) is 0 Å². The number of ether oxygens (including phenoxy) is 4. The molecule has 4 aliphatic rings. The van der Waals surface area contributed by atoms with Crippen LogP contribution >= 0.6 is 0 Å². The molecule has 4 nitrogen and oxygen atoms in total. The Morgan fingerprint density at radius 1 is 0.714 bits per heavy atom. The van der Waals surface area contributed by atoms with E-state index in [1.807, 2.05) is 0 Å². The summed E-state index contributed by atoms with van der Waals surface area (Å²) >= 11 is 0. The summed E-state index contributed by atoms with van der Waals surface area (Å²) in [5.74, 6) is 1.69. The van der Waals surface area contributed by atoms with Gasteiger partial charge in [0.05, 0.1) is 52.9 Å². The molecule has 162 valence electrons. The first-order chi connectivity index (χ1) is 13.7. The van der Waals surface area contributed by atoms with Crippen LogP contribution in [0, 0.1) is 28.1 Å². The highest BCUT2D eigenvalue weighted by atomic mass is 16.5. The van der Waals surface area contributed by atoms with Gasteiger partial charge in [0, 0.05) is 16.2 Å². The summed E-state index contributed by atoms with van der Waals surface area (Å²) in [6.07, 6.45) is 12.0. The molecular formula is C24H42O4. The first-order valence-electron chi connectivity index (χ1n) is 12.0. The first-order valence-corrected chi connectivity index (χ1v) is 12.0. The molecule has 2 aliphatic heterocycles. The molecule has 0 N–H and O–H groups in total. The highest BCUT2D eigenvalue weighted by Gasteiger charge is 2.48. The molecule has 2 saturated carbocycles. The summed E-state index contributed by atoms with van der Waals surface area (Å²) in [5, 5.41) is 0. The van der Waals surface area contributed by atoms with Gasteiger partial charge in [-0.1, -0.05) is 46.0 Å². The van der Waals surface area contributed by atoms with Crippen LogP contribution in [0.5, 0.6) is 0 Å². The molecule has 0 amide bonds. The zero-order chi connectivity index (χ0) is 19.5. The van der Waals surface area contributed by atoms with Gasteiger partial charge < -0.3 is 18.9 Å². The Morgan fingerprint density at radius 2 is 1.25 bits per heavy atom. The Bertz CT molecular complexity index is 456. The SMILES string of the molecule is CCC1(COCC2(COCC3(CC)COC3)CCCC3CCCCC32)COC1. The van der Waals surface area contributed by atoms with E-state index in [2.05, 4.69) is 13.8 Å². The summed E-state index contributed by atoms with van der Waals surface area (Å²) in [6.45, 7) is 11.5. The Morgan fingerprint density at radius 3 is 1.75 bits per heavy atom. The largest absolute Gasteiger partial charge is 0.380 e. The minimum atomic E-state index is 0.225. The lowest BCUT2D eigenvalue weighted by atomic mass is 9.57. The molecule has 4 rings (SSSR count). The van der Waals surface area contributed by atoms with Crippen LogP contribution in [0.25, 0.3) is 0 Å². The van der Waals surface area contributed by atoms with E-state index in [1.165, 1.54) is 44.9 Å². The monoisotopic (exact) mass is 394 g/mol. The van der Waals surface area contributed by atoms with Crippen LogP contribution in [0.2, 0.25) is 0 Å². The smallest absolute Gasteiger partial charge is 0.0566 e. The second kappa shape index (κ2) is 8.91. The molecule has 0 aromatic rings. The van der Waals surface area contributed by atoms with Crippen molar-refractivity contribution in [3.05, 3.63) is 0 Å². The fraction of sp³-hybridized carbons (Fsp3) is 1.00. The number of hydrogen-bond donors (Lipinski definition) is 0. The second-order valence-electron chi connectivity index (χ2n) is 10.6. The maximum atomic E-state index is 6.49. The molecule has 2 heterocycles. The molecule has 4 fully saturated rings. The van der Waals surface area contributed by atoms with Crippen LogP contribution in [0.1, 0.15) is 71.6 Å². The summed E-state index contributed by atoms with van der Waals surface area (Å²) < 4.78 is 24.0. The van der Waals surface area contributed by atoms with Crippen molar-refractivity contribution in [3.8, 4) is 0 Å². The topological polar surface area (TPSA) is 36.9 Å².